The van der Waals surface area contributed by atoms with E-state index < -0.39 is 22.8 Å². The van der Waals surface area contributed by atoms with Gasteiger partial charge in [0.2, 0.25) is 5.88 Å². The summed E-state index contributed by atoms with van der Waals surface area (Å²) in [6.07, 6.45) is 1.62. The number of aliphatic hydroxyl groups is 1. The van der Waals surface area contributed by atoms with Crippen molar-refractivity contribution in [1.82, 2.24) is 19.5 Å². The second-order valence-electron chi connectivity index (χ2n) is 8.89. The summed E-state index contributed by atoms with van der Waals surface area (Å²) in [5, 5.41) is 10.6. The van der Waals surface area contributed by atoms with Crippen LogP contribution in [0.2, 0.25) is 5.02 Å². The van der Waals surface area contributed by atoms with Crippen LogP contribution in [0.5, 0.6) is 5.88 Å². The standard InChI is InChI=1S/C26H22BrClF2N4O3/c1-13-11-31-25(26(3,4)36)33-22(13)15-6-8-18(28)20(9-15)34-14(2)32-23(21(27)24(34)35)37-12-16-5-7-17(29)10-19(16)30/h5-11,36H,12H2,1-4H3. The fourth-order valence-corrected chi connectivity index (χ4v) is 4.19. The molecule has 2 aromatic heterocycles. The van der Waals surface area contributed by atoms with Crippen molar-refractivity contribution in [2.45, 2.75) is 39.9 Å². The molecule has 0 fully saturated rings. The van der Waals surface area contributed by atoms with E-state index in [9.17, 15) is 18.7 Å². The van der Waals surface area contributed by atoms with Crippen molar-refractivity contribution in [3.05, 3.63) is 96.9 Å². The molecule has 0 radical (unpaired) electrons. The quantitative estimate of drug-likeness (QED) is 0.305. The van der Waals surface area contributed by atoms with Gasteiger partial charge in [0.25, 0.3) is 5.56 Å². The zero-order chi connectivity index (χ0) is 27.1. The lowest BCUT2D eigenvalue weighted by atomic mass is 10.0. The zero-order valence-electron chi connectivity index (χ0n) is 20.3. The summed E-state index contributed by atoms with van der Waals surface area (Å²) in [5.74, 6) is -1.000. The first-order chi connectivity index (χ1) is 17.4. The van der Waals surface area contributed by atoms with Crippen LogP contribution in [0.15, 0.2) is 51.9 Å². The van der Waals surface area contributed by atoms with Gasteiger partial charge in [-0.25, -0.2) is 18.7 Å². The Balaban J connectivity index is 1.75. The van der Waals surface area contributed by atoms with Gasteiger partial charge in [-0.15, -0.1) is 0 Å². The van der Waals surface area contributed by atoms with E-state index in [-0.39, 0.29) is 34.2 Å². The molecular formula is C26H22BrClF2N4O3. The normalized spacial score (nSPS) is 11.6. The molecule has 2 aromatic carbocycles. The third kappa shape index (κ3) is 5.56. The van der Waals surface area contributed by atoms with Crippen LogP contribution in [0.3, 0.4) is 0 Å². The number of rotatable bonds is 6. The molecule has 4 rings (SSSR count). The van der Waals surface area contributed by atoms with Gasteiger partial charge in [0.05, 0.1) is 16.4 Å². The molecule has 4 aromatic rings. The van der Waals surface area contributed by atoms with E-state index in [1.54, 1.807) is 45.2 Å². The van der Waals surface area contributed by atoms with Gasteiger partial charge in [-0.2, -0.15) is 4.98 Å². The Morgan fingerprint density at radius 2 is 1.86 bits per heavy atom. The summed E-state index contributed by atoms with van der Waals surface area (Å²) in [6, 6.07) is 8.22. The second-order valence-corrected chi connectivity index (χ2v) is 10.1. The minimum Gasteiger partial charge on any atom is -0.472 e. The van der Waals surface area contributed by atoms with E-state index in [1.165, 1.54) is 10.6 Å². The maximum absolute atomic E-state index is 14.0. The number of benzene rings is 2. The van der Waals surface area contributed by atoms with E-state index in [1.807, 2.05) is 6.92 Å². The average Bonchev–Trinajstić information content (AvgIpc) is 2.82. The number of ether oxygens (including phenoxy) is 1. The minimum absolute atomic E-state index is 0.00428. The fourth-order valence-electron chi connectivity index (χ4n) is 3.61. The Morgan fingerprint density at radius 3 is 2.54 bits per heavy atom. The zero-order valence-corrected chi connectivity index (χ0v) is 22.7. The highest BCUT2D eigenvalue weighted by Crippen LogP contribution is 2.31. The van der Waals surface area contributed by atoms with E-state index in [4.69, 9.17) is 16.3 Å². The molecule has 0 saturated heterocycles. The van der Waals surface area contributed by atoms with Gasteiger partial charge < -0.3 is 9.84 Å². The Hall–Kier alpha value is -3.21. The highest BCUT2D eigenvalue weighted by Gasteiger charge is 2.22. The third-order valence-corrected chi connectivity index (χ3v) is 6.52. The molecule has 0 aliphatic carbocycles. The molecule has 1 N–H and O–H groups in total. The van der Waals surface area contributed by atoms with E-state index in [0.29, 0.717) is 22.0 Å². The Labute approximate surface area is 224 Å². The van der Waals surface area contributed by atoms with Gasteiger partial charge in [-0.3, -0.25) is 9.36 Å². The van der Waals surface area contributed by atoms with Crippen molar-refractivity contribution in [3.63, 3.8) is 0 Å². The first kappa shape index (κ1) is 26.8. The maximum atomic E-state index is 14.0. The van der Waals surface area contributed by atoms with Crippen molar-refractivity contribution in [2.24, 2.45) is 0 Å². The van der Waals surface area contributed by atoms with Crippen molar-refractivity contribution < 1.29 is 18.6 Å². The monoisotopic (exact) mass is 590 g/mol. The topological polar surface area (TPSA) is 90.1 Å². The molecule has 192 valence electrons. The highest BCUT2D eigenvalue weighted by molar-refractivity contribution is 9.10. The molecule has 0 spiro atoms. The largest absolute Gasteiger partial charge is 0.472 e. The van der Waals surface area contributed by atoms with E-state index in [0.717, 1.165) is 17.7 Å². The average molecular weight is 592 g/mol. The van der Waals surface area contributed by atoms with E-state index in [2.05, 4.69) is 30.9 Å². The van der Waals surface area contributed by atoms with Gasteiger partial charge in [-0.05, 0) is 73.5 Å². The molecule has 0 amide bonds. The predicted octanol–water partition coefficient (Wildman–Crippen LogP) is 5.81. The number of nitrogens with zero attached hydrogens (tertiary/aromatic N) is 4. The SMILES string of the molecule is Cc1cnc(C(C)(C)O)nc1-c1ccc(Cl)c(-n2c(C)nc(OCc3ccc(F)cc3F)c(Br)c2=O)c1. The molecule has 11 heteroatoms. The van der Waals surface area contributed by atoms with Gasteiger partial charge in [0, 0.05) is 23.4 Å². The summed E-state index contributed by atoms with van der Waals surface area (Å²) in [7, 11) is 0. The van der Waals surface area contributed by atoms with Gasteiger partial charge >= 0.3 is 0 Å². The molecule has 37 heavy (non-hydrogen) atoms. The lowest BCUT2D eigenvalue weighted by Crippen LogP contribution is -2.24. The number of hydrogen-bond donors (Lipinski definition) is 1. The first-order valence-electron chi connectivity index (χ1n) is 11.1. The lowest BCUT2D eigenvalue weighted by molar-refractivity contribution is 0.0688. The molecule has 0 aliphatic rings. The van der Waals surface area contributed by atoms with Crippen LogP contribution in [0.4, 0.5) is 8.78 Å². The molecule has 0 unspecified atom stereocenters. The van der Waals surface area contributed by atoms with Crippen molar-refractivity contribution in [3.8, 4) is 22.8 Å². The van der Waals surface area contributed by atoms with Crippen LogP contribution < -0.4 is 10.3 Å². The van der Waals surface area contributed by atoms with Crippen LogP contribution in [0.1, 0.15) is 36.6 Å². The Kier molecular flexibility index (Phi) is 7.45. The molecule has 2 heterocycles. The molecule has 0 bridgehead atoms. The molecule has 0 saturated carbocycles. The van der Waals surface area contributed by atoms with Crippen molar-refractivity contribution in [2.75, 3.05) is 0 Å². The summed E-state index contributed by atoms with van der Waals surface area (Å²) < 4.78 is 34.1. The molecule has 0 atom stereocenters. The second kappa shape index (κ2) is 10.3. The molecule has 0 aliphatic heterocycles. The van der Waals surface area contributed by atoms with Crippen molar-refractivity contribution in [1.29, 1.82) is 0 Å². The Bertz CT molecular complexity index is 1570. The van der Waals surface area contributed by atoms with Crippen LogP contribution >= 0.6 is 27.5 Å². The van der Waals surface area contributed by atoms with Gasteiger partial charge in [-0.1, -0.05) is 17.7 Å². The van der Waals surface area contributed by atoms with Gasteiger partial charge in [0.15, 0.2) is 5.82 Å². The smallest absolute Gasteiger partial charge is 0.276 e. The van der Waals surface area contributed by atoms with E-state index >= 15 is 0 Å². The predicted molar refractivity (Wildman–Crippen MR) is 139 cm³/mol. The molecule has 7 nitrogen and oxygen atoms in total. The summed E-state index contributed by atoms with van der Waals surface area (Å²) in [6.45, 7) is 6.37. The summed E-state index contributed by atoms with van der Waals surface area (Å²) >= 11 is 9.72. The first-order valence-corrected chi connectivity index (χ1v) is 12.3. The Morgan fingerprint density at radius 1 is 1.14 bits per heavy atom. The molecular weight excluding hydrogens is 570 g/mol. The number of aromatic nitrogens is 4. The summed E-state index contributed by atoms with van der Waals surface area (Å²) in [4.78, 5) is 26.4. The fraction of sp³-hybridized carbons (Fsp3) is 0.231. The minimum atomic E-state index is -1.24. The third-order valence-electron chi connectivity index (χ3n) is 5.52. The maximum Gasteiger partial charge on any atom is 0.276 e. The van der Waals surface area contributed by atoms with Crippen LogP contribution in [-0.2, 0) is 12.2 Å². The lowest BCUT2D eigenvalue weighted by Gasteiger charge is -2.18. The summed E-state index contributed by atoms with van der Waals surface area (Å²) in [5.41, 5.74) is 0.710. The number of aryl methyl sites for hydroxylation is 2. The van der Waals surface area contributed by atoms with Crippen LogP contribution in [0.25, 0.3) is 16.9 Å². The van der Waals surface area contributed by atoms with Crippen LogP contribution in [-0.4, -0.2) is 24.6 Å². The van der Waals surface area contributed by atoms with Gasteiger partial charge in [0.1, 0.15) is 34.1 Å². The van der Waals surface area contributed by atoms with Crippen molar-refractivity contribution >= 4 is 27.5 Å². The number of hydrogen-bond acceptors (Lipinski definition) is 6. The number of halogens is 4. The van der Waals surface area contributed by atoms with Crippen LogP contribution in [0, 0.1) is 25.5 Å². The highest BCUT2D eigenvalue weighted by atomic mass is 79.9.